The number of rotatable bonds is 7. The van der Waals surface area contributed by atoms with Crippen LogP contribution in [0.3, 0.4) is 0 Å². The first kappa shape index (κ1) is 23.7. The predicted octanol–water partition coefficient (Wildman–Crippen LogP) is 3.70. The molecule has 1 atom stereocenters. The summed E-state index contributed by atoms with van der Waals surface area (Å²) in [6, 6.07) is 18.2. The van der Waals surface area contributed by atoms with E-state index < -0.39 is 6.04 Å². The molecule has 0 radical (unpaired) electrons. The molecule has 1 unspecified atom stereocenters. The van der Waals surface area contributed by atoms with Gasteiger partial charge in [0.1, 0.15) is 0 Å². The van der Waals surface area contributed by atoms with Gasteiger partial charge >= 0.3 is 0 Å². The Hall–Kier alpha value is -3.49. The Bertz CT molecular complexity index is 1160. The standard InChI is InChI=1S/C26H28N4O3S/c1-27-12-13-29(2)26(33)19-10-11-22-21(15-19)28-24(31)17-23(18-7-4-3-5-8-18)30(22)25(32)16-20-9-6-14-34-20/h3-11,14-15,23,27H,12-13,16-17H2,1-2H3,(H,28,31). The molecule has 8 heteroatoms. The lowest BCUT2D eigenvalue weighted by molar-refractivity contribution is -0.119. The van der Waals surface area contributed by atoms with Gasteiger partial charge < -0.3 is 20.4 Å². The smallest absolute Gasteiger partial charge is 0.253 e. The molecule has 3 amide bonds. The Morgan fingerprint density at radius 2 is 1.94 bits per heavy atom. The Labute approximate surface area is 203 Å². The largest absolute Gasteiger partial charge is 0.340 e. The van der Waals surface area contributed by atoms with E-state index in [1.807, 2.05) is 54.9 Å². The molecule has 0 saturated heterocycles. The van der Waals surface area contributed by atoms with Gasteiger partial charge in [0.2, 0.25) is 11.8 Å². The van der Waals surface area contributed by atoms with Gasteiger partial charge in [-0.3, -0.25) is 14.4 Å². The average molecular weight is 477 g/mol. The normalized spacial score (nSPS) is 15.3. The number of hydrogen-bond donors (Lipinski definition) is 2. The fourth-order valence-electron chi connectivity index (χ4n) is 4.11. The second-order valence-electron chi connectivity index (χ2n) is 8.26. The summed E-state index contributed by atoms with van der Waals surface area (Å²) in [5.74, 6) is -0.443. The highest BCUT2D eigenvalue weighted by atomic mass is 32.1. The lowest BCUT2D eigenvalue weighted by atomic mass is 10.0. The quantitative estimate of drug-likeness (QED) is 0.545. The molecule has 2 N–H and O–H groups in total. The van der Waals surface area contributed by atoms with Gasteiger partial charge in [-0.25, -0.2) is 0 Å². The summed E-state index contributed by atoms with van der Waals surface area (Å²) in [7, 11) is 3.58. The molecule has 0 aliphatic carbocycles. The molecule has 2 aromatic carbocycles. The Kier molecular flexibility index (Phi) is 7.40. The van der Waals surface area contributed by atoms with Crippen molar-refractivity contribution >= 4 is 40.4 Å². The van der Waals surface area contributed by atoms with Gasteiger partial charge in [0.25, 0.3) is 5.91 Å². The first-order valence-electron chi connectivity index (χ1n) is 11.2. The molecule has 176 valence electrons. The van der Waals surface area contributed by atoms with E-state index in [0.717, 1.165) is 10.4 Å². The molecule has 2 heterocycles. The number of nitrogens with zero attached hydrogens (tertiary/aromatic N) is 2. The van der Waals surface area contributed by atoms with Crippen molar-refractivity contribution in [3.05, 3.63) is 82.0 Å². The van der Waals surface area contributed by atoms with Crippen LogP contribution in [0.2, 0.25) is 0 Å². The minimum Gasteiger partial charge on any atom is -0.340 e. The summed E-state index contributed by atoms with van der Waals surface area (Å²) in [5.41, 5.74) is 2.41. The number of fused-ring (bicyclic) bond motifs is 1. The fourth-order valence-corrected chi connectivity index (χ4v) is 4.81. The summed E-state index contributed by atoms with van der Waals surface area (Å²) in [4.78, 5) is 43.8. The lowest BCUT2D eigenvalue weighted by Crippen LogP contribution is -2.36. The van der Waals surface area contributed by atoms with Crippen LogP contribution in [0.5, 0.6) is 0 Å². The van der Waals surface area contributed by atoms with Crippen molar-refractivity contribution in [2.24, 2.45) is 0 Å². The van der Waals surface area contributed by atoms with E-state index in [1.165, 1.54) is 11.3 Å². The van der Waals surface area contributed by atoms with Gasteiger partial charge in [-0.2, -0.15) is 0 Å². The molecule has 34 heavy (non-hydrogen) atoms. The van der Waals surface area contributed by atoms with Gasteiger partial charge in [-0.15, -0.1) is 11.3 Å². The van der Waals surface area contributed by atoms with Crippen LogP contribution in [0.4, 0.5) is 11.4 Å². The van der Waals surface area contributed by atoms with E-state index in [1.54, 1.807) is 35.0 Å². The number of hydrogen-bond acceptors (Lipinski definition) is 5. The monoisotopic (exact) mass is 476 g/mol. The maximum Gasteiger partial charge on any atom is 0.253 e. The van der Waals surface area contributed by atoms with Crippen LogP contribution in [0, 0.1) is 0 Å². The van der Waals surface area contributed by atoms with E-state index in [2.05, 4.69) is 10.6 Å². The molecule has 0 bridgehead atoms. The van der Waals surface area contributed by atoms with E-state index >= 15 is 0 Å². The van der Waals surface area contributed by atoms with Gasteiger partial charge in [-0.05, 0) is 42.3 Å². The fraction of sp³-hybridized carbons (Fsp3) is 0.269. The zero-order valence-corrected chi connectivity index (χ0v) is 20.1. The number of likely N-dealkylation sites (N-methyl/N-ethyl adjacent to an activating group) is 2. The second kappa shape index (κ2) is 10.6. The summed E-state index contributed by atoms with van der Waals surface area (Å²) >= 11 is 1.53. The molecule has 1 aliphatic rings. The van der Waals surface area contributed by atoms with Crippen LogP contribution in [0.1, 0.15) is 33.3 Å². The van der Waals surface area contributed by atoms with Crippen LogP contribution in [0.25, 0.3) is 0 Å². The molecular weight excluding hydrogens is 448 g/mol. The molecule has 1 aromatic heterocycles. The van der Waals surface area contributed by atoms with Crippen molar-refractivity contribution in [3.63, 3.8) is 0 Å². The van der Waals surface area contributed by atoms with Crippen LogP contribution in [-0.2, 0) is 16.0 Å². The maximum absolute atomic E-state index is 13.6. The van der Waals surface area contributed by atoms with Crippen molar-refractivity contribution in [1.29, 1.82) is 0 Å². The molecule has 0 saturated carbocycles. The van der Waals surface area contributed by atoms with Crippen molar-refractivity contribution in [1.82, 2.24) is 10.2 Å². The Balaban J connectivity index is 1.74. The van der Waals surface area contributed by atoms with Crippen molar-refractivity contribution in [2.75, 3.05) is 37.4 Å². The van der Waals surface area contributed by atoms with Crippen LogP contribution >= 0.6 is 11.3 Å². The molecule has 0 spiro atoms. The van der Waals surface area contributed by atoms with Gasteiger partial charge in [0.05, 0.1) is 30.3 Å². The van der Waals surface area contributed by atoms with Crippen molar-refractivity contribution < 1.29 is 14.4 Å². The zero-order valence-electron chi connectivity index (χ0n) is 19.3. The lowest BCUT2D eigenvalue weighted by Gasteiger charge is -2.31. The number of nitrogens with one attached hydrogen (secondary N) is 2. The topological polar surface area (TPSA) is 81.8 Å². The summed E-state index contributed by atoms with van der Waals surface area (Å²) < 4.78 is 0. The SMILES string of the molecule is CNCCN(C)C(=O)c1ccc2c(c1)NC(=O)CC(c1ccccc1)N2C(=O)Cc1cccs1. The molecule has 3 aromatic rings. The van der Waals surface area contributed by atoms with Crippen LogP contribution in [0.15, 0.2) is 66.0 Å². The maximum atomic E-state index is 13.6. The molecule has 7 nitrogen and oxygen atoms in total. The number of thiophene rings is 1. The first-order valence-corrected chi connectivity index (χ1v) is 12.1. The first-order chi connectivity index (χ1) is 16.5. The molecular formula is C26H28N4O3S. The Morgan fingerprint density at radius 3 is 2.65 bits per heavy atom. The highest BCUT2D eigenvalue weighted by molar-refractivity contribution is 7.10. The van der Waals surface area contributed by atoms with Crippen molar-refractivity contribution in [3.8, 4) is 0 Å². The molecule has 1 aliphatic heterocycles. The van der Waals surface area contributed by atoms with Gasteiger partial charge in [-0.1, -0.05) is 36.4 Å². The van der Waals surface area contributed by atoms with E-state index in [0.29, 0.717) is 30.0 Å². The summed E-state index contributed by atoms with van der Waals surface area (Å²) in [6.07, 6.45) is 0.363. The Morgan fingerprint density at radius 1 is 1.15 bits per heavy atom. The van der Waals surface area contributed by atoms with Gasteiger partial charge in [0.15, 0.2) is 0 Å². The van der Waals surface area contributed by atoms with E-state index in [4.69, 9.17) is 0 Å². The third kappa shape index (κ3) is 5.18. The van der Waals surface area contributed by atoms with E-state index in [9.17, 15) is 14.4 Å². The van der Waals surface area contributed by atoms with Crippen LogP contribution < -0.4 is 15.5 Å². The third-order valence-electron chi connectivity index (χ3n) is 5.87. The number of amides is 3. The number of carbonyl (C=O) groups excluding carboxylic acids is 3. The molecule has 4 rings (SSSR count). The minimum absolute atomic E-state index is 0.0979. The van der Waals surface area contributed by atoms with Gasteiger partial charge in [0, 0.05) is 30.6 Å². The second-order valence-corrected chi connectivity index (χ2v) is 9.29. The highest BCUT2D eigenvalue weighted by Gasteiger charge is 2.34. The predicted molar refractivity (Wildman–Crippen MR) is 135 cm³/mol. The minimum atomic E-state index is -0.449. The number of benzene rings is 2. The molecule has 0 fully saturated rings. The van der Waals surface area contributed by atoms with Crippen LogP contribution in [-0.4, -0.2) is 49.8 Å². The zero-order chi connectivity index (χ0) is 24.1. The average Bonchev–Trinajstić information content (AvgIpc) is 3.30. The van der Waals surface area contributed by atoms with Crippen molar-refractivity contribution in [2.45, 2.75) is 18.9 Å². The summed E-state index contributed by atoms with van der Waals surface area (Å²) in [5, 5.41) is 7.91. The summed E-state index contributed by atoms with van der Waals surface area (Å²) in [6.45, 7) is 1.23. The highest BCUT2D eigenvalue weighted by Crippen LogP contribution is 2.39. The number of anilines is 2. The number of carbonyl (C=O) groups is 3. The van der Waals surface area contributed by atoms with E-state index in [-0.39, 0.29) is 30.6 Å². The third-order valence-corrected chi connectivity index (χ3v) is 6.75.